The van der Waals surface area contributed by atoms with Gasteiger partial charge in [0.1, 0.15) is 5.75 Å². The Morgan fingerprint density at radius 1 is 1.25 bits per heavy atom. The minimum atomic E-state index is -0.359. The second-order valence-corrected chi connectivity index (χ2v) is 4.43. The second kappa shape index (κ2) is 6.06. The number of anilines is 1. The molecule has 0 aliphatic heterocycles. The molecule has 0 unspecified atom stereocenters. The maximum absolute atomic E-state index is 10.9. The minimum Gasteiger partial charge on any atom is -0.495 e. The molecule has 0 amide bonds. The van der Waals surface area contributed by atoms with Crippen molar-refractivity contribution in [3.63, 3.8) is 0 Å². The number of para-hydroxylation sites is 2. The van der Waals surface area contributed by atoms with Crippen molar-refractivity contribution in [3.8, 4) is 5.75 Å². The minimum absolute atomic E-state index is 0.143. The van der Waals surface area contributed by atoms with Crippen LogP contribution in [0.1, 0.15) is 11.1 Å². The van der Waals surface area contributed by atoms with Crippen LogP contribution in [0.25, 0.3) is 0 Å². The Morgan fingerprint density at radius 2 is 2.00 bits per heavy atom. The van der Waals surface area contributed by atoms with Crippen molar-refractivity contribution >= 4 is 11.4 Å². The molecule has 0 aromatic heterocycles. The van der Waals surface area contributed by atoms with Gasteiger partial charge in [0.25, 0.3) is 5.69 Å². The van der Waals surface area contributed by atoms with Crippen LogP contribution >= 0.6 is 0 Å². The maximum Gasteiger partial charge on any atom is 0.272 e. The summed E-state index contributed by atoms with van der Waals surface area (Å²) >= 11 is 0. The van der Waals surface area contributed by atoms with E-state index < -0.39 is 0 Å². The van der Waals surface area contributed by atoms with E-state index in [0.717, 1.165) is 17.0 Å². The number of nitrogens with one attached hydrogen (secondary N) is 1. The lowest BCUT2D eigenvalue weighted by Crippen LogP contribution is -2.02. The maximum atomic E-state index is 10.9. The van der Waals surface area contributed by atoms with E-state index in [0.29, 0.717) is 12.1 Å². The Bertz CT molecular complexity index is 626. The Balaban J connectivity index is 2.15. The third-order valence-corrected chi connectivity index (χ3v) is 3.06. The third-order valence-electron chi connectivity index (χ3n) is 3.06. The van der Waals surface area contributed by atoms with Gasteiger partial charge in [-0.1, -0.05) is 24.3 Å². The van der Waals surface area contributed by atoms with Crippen LogP contribution in [0, 0.1) is 17.0 Å². The van der Waals surface area contributed by atoms with E-state index in [9.17, 15) is 10.1 Å². The molecule has 0 spiro atoms. The molecule has 2 rings (SSSR count). The van der Waals surface area contributed by atoms with Gasteiger partial charge in [-0.3, -0.25) is 10.1 Å². The molecule has 5 nitrogen and oxygen atoms in total. The number of aryl methyl sites for hydroxylation is 1. The fraction of sp³-hybridized carbons (Fsp3) is 0.200. The quantitative estimate of drug-likeness (QED) is 0.668. The fourth-order valence-corrected chi connectivity index (χ4v) is 1.95. The molecule has 20 heavy (non-hydrogen) atoms. The zero-order valence-corrected chi connectivity index (χ0v) is 11.4. The summed E-state index contributed by atoms with van der Waals surface area (Å²) in [6.07, 6.45) is 0. The molecular weight excluding hydrogens is 256 g/mol. The number of benzene rings is 2. The monoisotopic (exact) mass is 272 g/mol. The number of rotatable bonds is 5. The average molecular weight is 272 g/mol. The molecule has 1 N–H and O–H groups in total. The Labute approximate surface area is 117 Å². The summed E-state index contributed by atoms with van der Waals surface area (Å²) in [4.78, 5) is 10.6. The van der Waals surface area contributed by atoms with Crippen molar-refractivity contribution in [2.45, 2.75) is 13.5 Å². The molecule has 0 radical (unpaired) electrons. The normalized spacial score (nSPS) is 10.1. The summed E-state index contributed by atoms with van der Waals surface area (Å²) in [5.41, 5.74) is 2.52. The lowest BCUT2D eigenvalue weighted by Gasteiger charge is -2.11. The number of hydrogen-bond donors (Lipinski definition) is 1. The van der Waals surface area contributed by atoms with Crippen LogP contribution in [-0.4, -0.2) is 12.0 Å². The summed E-state index contributed by atoms with van der Waals surface area (Å²) in [6, 6.07) is 12.8. The number of ether oxygens (including phenoxy) is 1. The molecule has 0 saturated carbocycles. The summed E-state index contributed by atoms with van der Waals surface area (Å²) in [5, 5.41) is 14.1. The molecule has 0 atom stereocenters. The SMILES string of the molecule is COc1ccccc1NCc1ccc(C)c([N+](=O)[O-])c1. The van der Waals surface area contributed by atoms with Crippen LogP contribution in [0.4, 0.5) is 11.4 Å². The van der Waals surface area contributed by atoms with Crippen molar-refractivity contribution in [3.05, 3.63) is 63.7 Å². The number of nitrogens with zero attached hydrogens (tertiary/aromatic N) is 1. The average Bonchev–Trinajstić information content (AvgIpc) is 2.46. The van der Waals surface area contributed by atoms with Crippen LogP contribution in [0.2, 0.25) is 0 Å². The highest BCUT2D eigenvalue weighted by molar-refractivity contribution is 5.56. The number of nitro groups is 1. The molecule has 2 aromatic rings. The molecule has 0 heterocycles. The van der Waals surface area contributed by atoms with Gasteiger partial charge in [0, 0.05) is 18.2 Å². The van der Waals surface area contributed by atoms with E-state index in [4.69, 9.17) is 4.74 Å². The molecular formula is C15H16N2O3. The van der Waals surface area contributed by atoms with Crippen LogP contribution < -0.4 is 10.1 Å². The van der Waals surface area contributed by atoms with Crippen molar-refractivity contribution < 1.29 is 9.66 Å². The largest absolute Gasteiger partial charge is 0.495 e. The van der Waals surface area contributed by atoms with Crippen molar-refractivity contribution in [2.24, 2.45) is 0 Å². The van der Waals surface area contributed by atoms with Gasteiger partial charge in [0.05, 0.1) is 17.7 Å². The molecule has 104 valence electrons. The van der Waals surface area contributed by atoms with Gasteiger partial charge in [-0.25, -0.2) is 0 Å². The van der Waals surface area contributed by atoms with E-state index in [2.05, 4.69) is 5.32 Å². The summed E-state index contributed by atoms with van der Waals surface area (Å²) in [6.45, 7) is 2.23. The lowest BCUT2D eigenvalue weighted by molar-refractivity contribution is -0.385. The Kier molecular flexibility index (Phi) is 4.20. The topological polar surface area (TPSA) is 64.4 Å². The molecule has 0 aliphatic rings. The van der Waals surface area contributed by atoms with E-state index >= 15 is 0 Å². The predicted molar refractivity (Wildman–Crippen MR) is 78.2 cm³/mol. The first-order chi connectivity index (χ1) is 9.61. The van der Waals surface area contributed by atoms with Crippen molar-refractivity contribution in [1.82, 2.24) is 0 Å². The van der Waals surface area contributed by atoms with Gasteiger partial charge >= 0.3 is 0 Å². The first kappa shape index (κ1) is 13.9. The first-order valence-electron chi connectivity index (χ1n) is 6.22. The number of nitro benzene ring substituents is 1. The van der Waals surface area contributed by atoms with Gasteiger partial charge in [0.2, 0.25) is 0 Å². The molecule has 5 heteroatoms. The van der Waals surface area contributed by atoms with Crippen molar-refractivity contribution in [2.75, 3.05) is 12.4 Å². The fourth-order valence-electron chi connectivity index (χ4n) is 1.95. The van der Waals surface area contributed by atoms with Gasteiger partial charge in [-0.15, -0.1) is 0 Å². The van der Waals surface area contributed by atoms with E-state index in [-0.39, 0.29) is 10.6 Å². The predicted octanol–water partition coefficient (Wildman–Crippen LogP) is 3.52. The Morgan fingerprint density at radius 3 is 2.70 bits per heavy atom. The van der Waals surface area contributed by atoms with Crippen LogP contribution in [-0.2, 0) is 6.54 Å². The third kappa shape index (κ3) is 3.06. The summed E-state index contributed by atoms with van der Waals surface area (Å²) in [5.74, 6) is 0.745. The van der Waals surface area contributed by atoms with E-state index in [1.165, 1.54) is 0 Å². The molecule has 0 fully saturated rings. The van der Waals surface area contributed by atoms with Gasteiger partial charge in [0.15, 0.2) is 0 Å². The Hall–Kier alpha value is -2.56. The first-order valence-corrected chi connectivity index (χ1v) is 6.22. The zero-order chi connectivity index (χ0) is 14.5. The second-order valence-electron chi connectivity index (χ2n) is 4.43. The van der Waals surface area contributed by atoms with Crippen LogP contribution in [0.5, 0.6) is 5.75 Å². The molecule has 0 aliphatic carbocycles. The van der Waals surface area contributed by atoms with Crippen molar-refractivity contribution in [1.29, 1.82) is 0 Å². The summed E-state index contributed by atoms with van der Waals surface area (Å²) < 4.78 is 5.24. The van der Waals surface area contributed by atoms with Gasteiger partial charge in [-0.05, 0) is 24.6 Å². The summed E-state index contributed by atoms with van der Waals surface area (Å²) in [7, 11) is 1.61. The standard InChI is InChI=1S/C15H16N2O3/c1-11-7-8-12(9-14(11)17(18)19)10-16-13-5-3-4-6-15(13)20-2/h3-9,16H,10H2,1-2H3. The highest BCUT2D eigenvalue weighted by Gasteiger charge is 2.11. The number of hydrogen-bond acceptors (Lipinski definition) is 4. The van der Waals surface area contributed by atoms with E-state index in [1.807, 2.05) is 30.3 Å². The van der Waals surface area contributed by atoms with E-state index in [1.54, 1.807) is 26.2 Å². The highest BCUT2D eigenvalue weighted by atomic mass is 16.6. The highest BCUT2D eigenvalue weighted by Crippen LogP contribution is 2.25. The number of methoxy groups -OCH3 is 1. The van der Waals surface area contributed by atoms with Gasteiger partial charge < -0.3 is 10.1 Å². The smallest absolute Gasteiger partial charge is 0.272 e. The zero-order valence-electron chi connectivity index (χ0n) is 11.4. The van der Waals surface area contributed by atoms with Crippen LogP contribution in [0.3, 0.4) is 0 Å². The van der Waals surface area contributed by atoms with Crippen LogP contribution in [0.15, 0.2) is 42.5 Å². The lowest BCUT2D eigenvalue weighted by atomic mass is 10.1. The molecule has 2 aromatic carbocycles. The molecule has 0 bridgehead atoms. The molecule has 0 saturated heterocycles. The van der Waals surface area contributed by atoms with Gasteiger partial charge in [-0.2, -0.15) is 0 Å².